The second kappa shape index (κ2) is 8.32. The average Bonchev–Trinajstić information content (AvgIpc) is 2.43. The van der Waals surface area contributed by atoms with Crippen LogP contribution in [0.15, 0.2) is 30.3 Å². The van der Waals surface area contributed by atoms with Gasteiger partial charge in [0.05, 0.1) is 12.5 Å². The van der Waals surface area contributed by atoms with E-state index in [1.54, 1.807) is 7.05 Å². The topological polar surface area (TPSA) is 83.6 Å². The van der Waals surface area contributed by atoms with Crippen LogP contribution in [-0.4, -0.2) is 41.5 Å². The first-order chi connectivity index (χ1) is 9.50. The third kappa shape index (κ3) is 5.84. The standard InChI is InChI=1S/C15H22N2O3/c1-17(15(20)13(16)11-14(18)19)10-6-5-9-12-7-3-2-4-8-12/h2-4,7-8,13H,5-6,9-11,16H2,1H3,(H,18,19). The van der Waals surface area contributed by atoms with Crippen molar-refractivity contribution in [2.75, 3.05) is 13.6 Å². The molecule has 1 amide bonds. The molecule has 1 unspecified atom stereocenters. The zero-order chi connectivity index (χ0) is 15.0. The van der Waals surface area contributed by atoms with Gasteiger partial charge < -0.3 is 15.7 Å². The fourth-order valence-corrected chi connectivity index (χ4v) is 1.99. The number of carboxylic acids is 1. The van der Waals surface area contributed by atoms with Crippen LogP contribution in [0.2, 0.25) is 0 Å². The first kappa shape index (κ1) is 16.2. The molecule has 0 aromatic heterocycles. The Morgan fingerprint density at radius 1 is 1.25 bits per heavy atom. The second-order valence-electron chi connectivity index (χ2n) is 4.91. The molecule has 110 valence electrons. The highest BCUT2D eigenvalue weighted by atomic mass is 16.4. The lowest BCUT2D eigenvalue weighted by molar-refractivity contribution is -0.141. The summed E-state index contributed by atoms with van der Waals surface area (Å²) in [4.78, 5) is 23.8. The van der Waals surface area contributed by atoms with Gasteiger partial charge in [0.25, 0.3) is 0 Å². The number of nitrogens with zero attached hydrogens (tertiary/aromatic N) is 1. The molecule has 0 spiro atoms. The van der Waals surface area contributed by atoms with Gasteiger partial charge in [-0.2, -0.15) is 0 Å². The lowest BCUT2D eigenvalue weighted by Crippen LogP contribution is -2.43. The van der Waals surface area contributed by atoms with Crippen molar-refractivity contribution in [1.82, 2.24) is 4.90 Å². The maximum absolute atomic E-state index is 11.8. The number of carboxylic acid groups (broad SMARTS) is 1. The number of hydrogen-bond donors (Lipinski definition) is 2. The molecular formula is C15H22N2O3. The molecule has 1 aromatic rings. The lowest BCUT2D eigenvalue weighted by Gasteiger charge is -2.20. The Labute approximate surface area is 119 Å². The van der Waals surface area contributed by atoms with E-state index in [4.69, 9.17) is 10.8 Å². The molecule has 5 heteroatoms. The van der Waals surface area contributed by atoms with Gasteiger partial charge in [0.1, 0.15) is 0 Å². The number of nitrogens with two attached hydrogens (primary N) is 1. The summed E-state index contributed by atoms with van der Waals surface area (Å²) in [6, 6.07) is 9.22. The number of carbonyl (C=O) groups excluding carboxylic acids is 1. The van der Waals surface area contributed by atoms with Gasteiger partial charge in [-0.1, -0.05) is 30.3 Å². The number of amides is 1. The molecule has 1 aromatic carbocycles. The van der Waals surface area contributed by atoms with E-state index in [1.165, 1.54) is 10.5 Å². The quantitative estimate of drug-likeness (QED) is 0.701. The van der Waals surface area contributed by atoms with Crippen LogP contribution in [0.3, 0.4) is 0 Å². The van der Waals surface area contributed by atoms with Crippen molar-refractivity contribution in [3.05, 3.63) is 35.9 Å². The molecule has 0 bridgehead atoms. The van der Waals surface area contributed by atoms with E-state index in [0.717, 1.165) is 19.3 Å². The number of hydrogen-bond acceptors (Lipinski definition) is 3. The van der Waals surface area contributed by atoms with Crippen LogP contribution in [-0.2, 0) is 16.0 Å². The van der Waals surface area contributed by atoms with Crippen LogP contribution in [0.5, 0.6) is 0 Å². The van der Waals surface area contributed by atoms with Gasteiger partial charge in [-0.05, 0) is 24.8 Å². The largest absolute Gasteiger partial charge is 0.481 e. The molecule has 0 aliphatic heterocycles. The van der Waals surface area contributed by atoms with Crippen LogP contribution >= 0.6 is 0 Å². The number of likely N-dealkylation sites (N-methyl/N-ethyl adjacent to an activating group) is 1. The van der Waals surface area contributed by atoms with Crippen LogP contribution in [0.1, 0.15) is 24.8 Å². The van der Waals surface area contributed by atoms with Gasteiger partial charge in [-0.3, -0.25) is 9.59 Å². The molecule has 1 rings (SSSR count). The number of benzene rings is 1. The predicted molar refractivity (Wildman–Crippen MR) is 77.2 cm³/mol. The molecule has 0 radical (unpaired) electrons. The summed E-state index contributed by atoms with van der Waals surface area (Å²) >= 11 is 0. The number of aliphatic carboxylic acids is 1. The van der Waals surface area contributed by atoms with Gasteiger partial charge in [0, 0.05) is 13.6 Å². The molecule has 20 heavy (non-hydrogen) atoms. The van der Waals surface area contributed by atoms with Gasteiger partial charge in [0.15, 0.2) is 0 Å². The molecule has 5 nitrogen and oxygen atoms in total. The fourth-order valence-electron chi connectivity index (χ4n) is 1.99. The molecule has 0 heterocycles. The van der Waals surface area contributed by atoms with Crippen LogP contribution < -0.4 is 5.73 Å². The molecule has 1 atom stereocenters. The summed E-state index contributed by atoms with van der Waals surface area (Å²) in [7, 11) is 1.66. The molecule has 0 saturated heterocycles. The van der Waals surface area contributed by atoms with E-state index in [0.29, 0.717) is 6.54 Å². The van der Waals surface area contributed by atoms with Crippen molar-refractivity contribution in [3.63, 3.8) is 0 Å². The van der Waals surface area contributed by atoms with Crippen LogP contribution in [0.25, 0.3) is 0 Å². The molecule has 0 aliphatic rings. The van der Waals surface area contributed by atoms with E-state index in [1.807, 2.05) is 18.2 Å². The summed E-state index contributed by atoms with van der Waals surface area (Å²) in [5, 5.41) is 8.60. The minimum Gasteiger partial charge on any atom is -0.481 e. The van der Waals surface area contributed by atoms with Crippen molar-refractivity contribution in [2.45, 2.75) is 31.7 Å². The summed E-state index contributed by atoms with van der Waals surface area (Å²) < 4.78 is 0. The normalized spacial score (nSPS) is 11.9. The van der Waals surface area contributed by atoms with Crippen molar-refractivity contribution < 1.29 is 14.7 Å². The Balaban J connectivity index is 2.24. The zero-order valence-corrected chi connectivity index (χ0v) is 11.8. The highest BCUT2D eigenvalue weighted by Crippen LogP contribution is 2.05. The maximum Gasteiger partial charge on any atom is 0.305 e. The lowest BCUT2D eigenvalue weighted by atomic mass is 10.1. The Hall–Kier alpha value is -1.88. The van der Waals surface area contributed by atoms with Crippen LogP contribution in [0.4, 0.5) is 0 Å². The summed E-state index contributed by atoms with van der Waals surface area (Å²) in [6.45, 7) is 0.596. The van der Waals surface area contributed by atoms with E-state index in [-0.39, 0.29) is 12.3 Å². The van der Waals surface area contributed by atoms with Gasteiger partial charge in [-0.15, -0.1) is 0 Å². The fraction of sp³-hybridized carbons (Fsp3) is 0.467. The number of aryl methyl sites for hydroxylation is 1. The van der Waals surface area contributed by atoms with E-state index < -0.39 is 12.0 Å². The van der Waals surface area contributed by atoms with E-state index >= 15 is 0 Å². The Kier molecular flexibility index (Phi) is 6.73. The molecule has 0 saturated carbocycles. The summed E-state index contributed by atoms with van der Waals surface area (Å²) in [5.74, 6) is -1.37. The summed E-state index contributed by atoms with van der Waals surface area (Å²) in [6.07, 6.45) is 2.50. The first-order valence-corrected chi connectivity index (χ1v) is 6.77. The van der Waals surface area contributed by atoms with Gasteiger partial charge >= 0.3 is 5.97 Å². The Morgan fingerprint density at radius 3 is 2.50 bits per heavy atom. The number of unbranched alkanes of at least 4 members (excludes halogenated alkanes) is 1. The van der Waals surface area contributed by atoms with E-state index in [2.05, 4.69) is 12.1 Å². The highest BCUT2D eigenvalue weighted by Gasteiger charge is 2.20. The van der Waals surface area contributed by atoms with Gasteiger partial charge in [-0.25, -0.2) is 0 Å². The smallest absolute Gasteiger partial charge is 0.305 e. The van der Waals surface area contributed by atoms with Crippen molar-refractivity contribution >= 4 is 11.9 Å². The monoisotopic (exact) mass is 278 g/mol. The third-order valence-corrected chi connectivity index (χ3v) is 3.14. The number of rotatable bonds is 8. The Bertz CT molecular complexity index is 434. The highest BCUT2D eigenvalue weighted by molar-refractivity contribution is 5.85. The molecule has 0 aliphatic carbocycles. The predicted octanol–water partition coefficient (Wildman–Crippen LogP) is 1.27. The minimum atomic E-state index is -1.05. The maximum atomic E-state index is 11.8. The van der Waals surface area contributed by atoms with Crippen molar-refractivity contribution in [3.8, 4) is 0 Å². The van der Waals surface area contributed by atoms with Gasteiger partial charge in [0.2, 0.25) is 5.91 Å². The van der Waals surface area contributed by atoms with E-state index in [9.17, 15) is 9.59 Å². The Morgan fingerprint density at radius 2 is 1.90 bits per heavy atom. The van der Waals surface area contributed by atoms with Crippen molar-refractivity contribution in [2.24, 2.45) is 5.73 Å². The molecule has 0 fully saturated rings. The zero-order valence-electron chi connectivity index (χ0n) is 11.8. The molecule has 3 N–H and O–H groups in total. The minimum absolute atomic E-state index is 0.313. The SMILES string of the molecule is CN(CCCCc1ccccc1)C(=O)C(N)CC(=O)O. The molecular weight excluding hydrogens is 256 g/mol. The average molecular weight is 278 g/mol. The van der Waals surface area contributed by atoms with Crippen LogP contribution in [0, 0.1) is 0 Å². The number of carbonyl (C=O) groups is 2. The third-order valence-electron chi connectivity index (χ3n) is 3.14. The summed E-state index contributed by atoms with van der Waals surface area (Å²) in [5.41, 5.74) is 6.82. The second-order valence-corrected chi connectivity index (χ2v) is 4.91. The first-order valence-electron chi connectivity index (χ1n) is 6.77. The van der Waals surface area contributed by atoms with Crippen molar-refractivity contribution in [1.29, 1.82) is 0 Å².